The highest BCUT2D eigenvalue weighted by Gasteiger charge is 2.20. The average Bonchev–Trinajstić information content (AvgIpc) is 2.84. The van der Waals surface area contributed by atoms with E-state index in [0.29, 0.717) is 6.04 Å². The summed E-state index contributed by atoms with van der Waals surface area (Å²) in [6, 6.07) is 18.1. The number of nitrogens with zero attached hydrogens (tertiary/aromatic N) is 1. The Hall–Kier alpha value is -1.83. The van der Waals surface area contributed by atoms with E-state index in [9.17, 15) is 4.39 Å². The molecule has 0 unspecified atom stereocenters. The fraction of sp³-hybridized carbons (Fsp3) is 0.400. The van der Waals surface area contributed by atoms with Gasteiger partial charge in [-0.15, -0.1) is 0 Å². The summed E-state index contributed by atoms with van der Waals surface area (Å²) < 4.78 is 13.3. The van der Waals surface area contributed by atoms with Crippen LogP contribution in [0.1, 0.15) is 44.1 Å². The maximum absolute atomic E-state index is 13.3. The monoisotopic (exact) mass is 297 g/mol. The molecule has 0 radical (unpaired) electrons. The van der Waals surface area contributed by atoms with Gasteiger partial charge in [0.15, 0.2) is 0 Å². The summed E-state index contributed by atoms with van der Waals surface area (Å²) in [6.45, 7) is 0.900. The lowest BCUT2D eigenvalue weighted by Crippen LogP contribution is -2.34. The Labute approximate surface area is 132 Å². The molecule has 3 rings (SSSR count). The van der Waals surface area contributed by atoms with Crippen molar-refractivity contribution in [2.75, 3.05) is 4.90 Å². The summed E-state index contributed by atoms with van der Waals surface area (Å²) in [4.78, 5) is 2.47. The number of hydrogen-bond acceptors (Lipinski definition) is 1. The van der Waals surface area contributed by atoms with Crippen LogP contribution in [0.4, 0.5) is 10.1 Å². The second-order valence-corrected chi connectivity index (χ2v) is 6.24. The zero-order valence-corrected chi connectivity index (χ0v) is 13.0. The van der Waals surface area contributed by atoms with Crippen molar-refractivity contribution in [2.45, 2.75) is 51.1 Å². The largest absolute Gasteiger partial charge is 0.364 e. The Kier molecular flexibility index (Phi) is 5.10. The molecule has 2 heteroatoms. The Morgan fingerprint density at radius 3 is 2.09 bits per heavy atom. The minimum atomic E-state index is -0.163. The maximum atomic E-state index is 13.3. The van der Waals surface area contributed by atoms with Gasteiger partial charge in [0.05, 0.1) is 0 Å². The van der Waals surface area contributed by atoms with E-state index in [4.69, 9.17) is 0 Å². The van der Waals surface area contributed by atoms with Crippen molar-refractivity contribution >= 4 is 5.69 Å². The standard InChI is InChI=1S/C20H24FN/c21-18-12-14-20(15-13-18)22(16-17-8-4-3-5-9-17)19-10-6-1-2-7-11-19/h3-5,8-9,12-15,19H,1-2,6-7,10-11,16H2. The van der Waals surface area contributed by atoms with E-state index in [-0.39, 0.29) is 5.82 Å². The fourth-order valence-corrected chi connectivity index (χ4v) is 3.41. The number of anilines is 1. The lowest BCUT2D eigenvalue weighted by molar-refractivity contribution is 0.522. The molecule has 0 aromatic heterocycles. The van der Waals surface area contributed by atoms with Gasteiger partial charge in [0.25, 0.3) is 0 Å². The normalized spacial score (nSPS) is 16.2. The van der Waals surface area contributed by atoms with Crippen molar-refractivity contribution < 1.29 is 4.39 Å². The fourth-order valence-electron chi connectivity index (χ4n) is 3.41. The Morgan fingerprint density at radius 2 is 1.45 bits per heavy atom. The number of rotatable bonds is 4. The third-order valence-corrected chi connectivity index (χ3v) is 4.62. The van der Waals surface area contributed by atoms with E-state index in [1.165, 1.54) is 44.1 Å². The maximum Gasteiger partial charge on any atom is 0.123 e. The molecule has 0 aliphatic heterocycles. The van der Waals surface area contributed by atoms with Crippen molar-refractivity contribution in [2.24, 2.45) is 0 Å². The second-order valence-electron chi connectivity index (χ2n) is 6.24. The van der Waals surface area contributed by atoms with E-state index in [1.807, 2.05) is 12.1 Å². The molecule has 0 bridgehead atoms. The molecule has 0 N–H and O–H groups in total. The van der Waals surface area contributed by atoms with Crippen molar-refractivity contribution in [3.05, 3.63) is 66.0 Å². The lowest BCUT2D eigenvalue weighted by Gasteiger charge is -2.33. The molecular formula is C20H24FN. The second kappa shape index (κ2) is 7.44. The third-order valence-electron chi connectivity index (χ3n) is 4.62. The zero-order chi connectivity index (χ0) is 15.2. The molecule has 2 aromatic carbocycles. The van der Waals surface area contributed by atoms with Gasteiger partial charge in [0.1, 0.15) is 5.82 Å². The minimum absolute atomic E-state index is 0.163. The minimum Gasteiger partial charge on any atom is -0.364 e. The Morgan fingerprint density at radius 1 is 0.818 bits per heavy atom. The molecule has 0 heterocycles. The molecule has 1 nitrogen and oxygen atoms in total. The molecule has 1 aliphatic rings. The number of hydrogen-bond donors (Lipinski definition) is 0. The van der Waals surface area contributed by atoms with E-state index >= 15 is 0 Å². The van der Waals surface area contributed by atoms with Gasteiger partial charge < -0.3 is 4.90 Å². The molecule has 22 heavy (non-hydrogen) atoms. The molecule has 0 atom stereocenters. The molecule has 1 fully saturated rings. The molecule has 2 aromatic rings. The van der Waals surface area contributed by atoms with E-state index in [2.05, 4.69) is 35.2 Å². The quantitative estimate of drug-likeness (QED) is 0.668. The van der Waals surface area contributed by atoms with Crippen LogP contribution < -0.4 is 4.90 Å². The van der Waals surface area contributed by atoms with E-state index in [0.717, 1.165) is 12.2 Å². The van der Waals surface area contributed by atoms with Crippen molar-refractivity contribution in [3.63, 3.8) is 0 Å². The van der Waals surface area contributed by atoms with Gasteiger partial charge in [-0.1, -0.05) is 56.0 Å². The van der Waals surface area contributed by atoms with Gasteiger partial charge in [-0.2, -0.15) is 0 Å². The van der Waals surface area contributed by atoms with Gasteiger partial charge in [0, 0.05) is 18.3 Å². The summed E-state index contributed by atoms with van der Waals surface area (Å²) in [7, 11) is 0. The van der Waals surface area contributed by atoms with Crippen LogP contribution in [0.2, 0.25) is 0 Å². The van der Waals surface area contributed by atoms with Gasteiger partial charge in [-0.05, 0) is 42.7 Å². The summed E-state index contributed by atoms with van der Waals surface area (Å²) in [6.07, 6.45) is 7.78. The Balaban J connectivity index is 1.85. The van der Waals surface area contributed by atoms with Gasteiger partial charge in [0.2, 0.25) is 0 Å². The van der Waals surface area contributed by atoms with Crippen LogP contribution in [0.3, 0.4) is 0 Å². The molecule has 0 amide bonds. The Bertz CT molecular complexity index is 556. The lowest BCUT2D eigenvalue weighted by atomic mass is 10.0. The first-order valence-electron chi connectivity index (χ1n) is 8.39. The van der Waals surface area contributed by atoms with Gasteiger partial charge in [-0.3, -0.25) is 0 Å². The number of halogens is 1. The molecule has 1 aliphatic carbocycles. The van der Waals surface area contributed by atoms with Crippen LogP contribution in [-0.4, -0.2) is 6.04 Å². The summed E-state index contributed by atoms with van der Waals surface area (Å²) in [5.41, 5.74) is 2.45. The smallest absolute Gasteiger partial charge is 0.123 e. The zero-order valence-electron chi connectivity index (χ0n) is 13.0. The van der Waals surface area contributed by atoms with Crippen LogP contribution in [0.15, 0.2) is 54.6 Å². The van der Waals surface area contributed by atoms with E-state index in [1.54, 1.807) is 12.1 Å². The van der Waals surface area contributed by atoms with Crippen LogP contribution in [-0.2, 0) is 6.54 Å². The first kappa shape index (κ1) is 15.1. The first-order valence-corrected chi connectivity index (χ1v) is 8.39. The predicted octanol–water partition coefficient (Wildman–Crippen LogP) is 5.56. The topological polar surface area (TPSA) is 3.24 Å². The molecular weight excluding hydrogens is 273 g/mol. The highest BCUT2D eigenvalue weighted by Crippen LogP contribution is 2.28. The first-order chi connectivity index (χ1) is 10.8. The molecule has 1 saturated carbocycles. The van der Waals surface area contributed by atoms with Crippen LogP contribution in [0.5, 0.6) is 0 Å². The van der Waals surface area contributed by atoms with Crippen LogP contribution in [0, 0.1) is 5.82 Å². The van der Waals surface area contributed by atoms with Crippen molar-refractivity contribution in [3.8, 4) is 0 Å². The van der Waals surface area contributed by atoms with Crippen LogP contribution in [0.25, 0.3) is 0 Å². The summed E-state index contributed by atoms with van der Waals surface area (Å²) >= 11 is 0. The van der Waals surface area contributed by atoms with E-state index < -0.39 is 0 Å². The highest BCUT2D eigenvalue weighted by atomic mass is 19.1. The average molecular weight is 297 g/mol. The van der Waals surface area contributed by atoms with Gasteiger partial charge >= 0.3 is 0 Å². The highest BCUT2D eigenvalue weighted by molar-refractivity contribution is 5.48. The van der Waals surface area contributed by atoms with Crippen molar-refractivity contribution in [1.29, 1.82) is 0 Å². The predicted molar refractivity (Wildman–Crippen MR) is 90.5 cm³/mol. The molecule has 0 spiro atoms. The molecule has 116 valence electrons. The SMILES string of the molecule is Fc1ccc(N(Cc2ccccc2)C2CCCCCC2)cc1. The number of benzene rings is 2. The summed E-state index contributed by atoms with van der Waals surface area (Å²) in [5.74, 6) is -0.163. The van der Waals surface area contributed by atoms with Crippen LogP contribution >= 0.6 is 0 Å². The van der Waals surface area contributed by atoms with Crippen molar-refractivity contribution in [1.82, 2.24) is 0 Å². The van der Waals surface area contributed by atoms with Gasteiger partial charge in [-0.25, -0.2) is 4.39 Å². The molecule has 0 saturated heterocycles. The summed E-state index contributed by atoms with van der Waals surface area (Å²) in [5, 5.41) is 0. The third kappa shape index (κ3) is 3.88.